The average Bonchev–Trinajstić information content (AvgIpc) is 3.40. The quantitative estimate of drug-likeness (QED) is 0.371. The summed E-state index contributed by atoms with van der Waals surface area (Å²) < 4.78 is 4.85. The molecule has 7 nitrogen and oxygen atoms in total. The van der Waals surface area contributed by atoms with Crippen LogP contribution in [0.15, 0.2) is 47.3 Å². The number of H-pyrrole nitrogens is 1. The van der Waals surface area contributed by atoms with E-state index < -0.39 is 12.0 Å². The second-order valence-corrected chi connectivity index (χ2v) is 7.36. The number of methoxy groups -OCH3 is 1. The van der Waals surface area contributed by atoms with Gasteiger partial charge in [-0.2, -0.15) is 11.3 Å². The Labute approximate surface area is 172 Å². The first kappa shape index (κ1) is 20.6. The number of nitrogens with one attached hydrogen (secondary N) is 3. The Hall–Kier alpha value is -3.13. The molecule has 3 aromatic rings. The fourth-order valence-electron chi connectivity index (χ4n) is 3.07. The van der Waals surface area contributed by atoms with Crippen LogP contribution in [0.2, 0.25) is 0 Å². The zero-order valence-electron chi connectivity index (χ0n) is 16.1. The van der Waals surface area contributed by atoms with Gasteiger partial charge < -0.3 is 20.4 Å². The number of hydrogen-bond donors (Lipinski definition) is 3. The van der Waals surface area contributed by atoms with Gasteiger partial charge in [-0.25, -0.2) is 4.79 Å². The Balaban J connectivity index is 1.51. The predicted molar refractivity (Wildman–Crippen MR) is 112 cm³/mol. The first-order chi connectivity index (χ1) is 14.1. The van der Waals surface area contributed by atoms with E-state index in [1.165, 1.54) is 18.4 Å². The van der Waals surface area contributed by atoms with Crippen molar-refractivity contribution in [3.8, 4) is 0 Å². The molecule has 29 heavy (non-hydrogen) atoms. The van der Waals surface area contributed by atoms with E-state index >= 15 is 0 Å². The number of fused-ring (bicyclic) bond motifs is 1. The summed E-state index contributed by atoms with van der Waals surface area (Å²) >= 11 is 1.45. The van der Waals surface area contributed by atoms with E-state index in [-0.39, 0.29) is 18.2 Å². The highest BCUT2D eigenvalue weighted by molar-refractivity contribution is 7.08. The highest BCUT2D eigenvalue weighted by Crippen LogP contribution is 2.19. The minimum atomic E-state index is -0.771. The van der Waals surface area contributed by atoms with Crippen LogP contribution in [0.4, 0.5) is 0 Å². The summed E-state index contributed by atoms with van der Waals surface area (Å²) in [6.45, 7) is 0.382. The third-order valence-corrected chi connectivity index (χ3v) is 5.25. The molecule has 2 heterocycles. The van der Waals surface area contributed by atoms with Gasteiger partial charge in [-0.05, 0) is 29.5 Å². The molecular weight excluding hydrogens is 390 g/mol. The molecule has 0 fully saturated rings. The number of para-hydroxylation sites is 1. The van der Waals surface area contributed by atoms with Gasteiger partial charge in [-0.1, -0.05) is 18.2 Å². The molecule has 3 rings (SSSR count). The Morgan fingerprint density at radius 3 is 2.79 bits per heavy atom. The first-order valence-corrected chi connectivity index (χ1v) is 10.3. The zero-order valence-corrected chi connectivity index (χ0v) is 16.9. The molecule has 152 valence electrons. The van der Waals surface area contributed by atoms with E-state index in [0.717, 1.165) is 16.5 Å². The molecule has 0 saturated carbocycles. The summed E-state index contributed by atoms with van der Waals surface area (Å²) in [5.74, 6) is -0.905. The fraction of sp³-hybridized carbons (Fsp3) is 0.286. The molecule has 0 saturated heterocycles. The molecule has 0 aliphatic carbocycles. The number of aromatic amines is 1. The number of aromatic nitrogens is 1. The van der Waals surface area contributed by atoms with E-state index in [1.807, 2.05) is 35.8 Å². The van der Waals surface area contributed by atoms with Crippen molar-refractivity contribution in [1.29, 1.82) is 0 Å². The lowest BCUT2D eigenvalue weighted by molar-refractivity contribution is -0.145. The van der Waals surface area contributed by atoms with E-state index in [9.17, 15) is 14.4 Å². The third-order valence-electron chi connectivity index (χ3n) is 4.57. The van der Waals surface area contributed by atoms with Gasteiger partial charge in [-0.15, -0.1) is 0 Å². The largest absolute Gasteiger partial charge is 0.467 e. The van der Waals surface area contributed by atoms with Crippen LogP contribution in [0.25, 0.3) is 10.9 Å². The summed E-state index contributed by atoms with van der Waals surface area (Å²) in [7, 11) is 1.30. The zero-order chi connectivity index (χ0) is 20.6. The first-order valence-electron chi connectivity index (χ1n) is 9.31. The molecule has 0 aliphatic rings. The molecule has 0 spiro atoms. The van der Waals surface area contributed by atoms with Crippen molar-refractivity contribution in [3.05, 3.63) is 58.4 Å². The monoisotopic (exact) mass is 413 g/mol. The lowest BCUT2D eigenvalue weighted by atomic mass is 10.0. The topological polar surface area (TPSA) is 100 Å². The Bertz CT molecular complexity index is 981. The van der Waals surface area contributed by atoms with Crippen LogP contribution in [0.3, 0.4) is 0 Å². The summed E-state index contributed by atoms with van der Waals surface area (Å²) in [5, 5.41) is 10.1. The highest BCUT2D eigenvalue weighted by Gasteiger charge is 2.23. The maximum atomic E-state index is 12.3. The highest BCUT2D eigenvalue weighted by atomic mass is 32.1. The van der Waals surface area contributed by atoms with Crippen LogP contribution in [0.1, 0.15) is 28.8 Å². The number of carbonyl (C=O) groups is 3. The maximum absolute atomic E-state index is 12.3. The molecule has 0 bridgehead atoms. The Morgan fingerprint density at radius 2 is 2.03 bits per heavy atom. The Morgan fingerprint density at radius 1 is 1.21 bits per heavy atom. The molecular formula is C21H23N3O4S. The molecule has 3 N–H and O–H groups in total. The summed E-state index contributed by atoms with van der Waals surface area (Å²) in [4.78, 5) is 39.5. The van der Waals surface area contributed by atoms with Crippen molar-refractivity contribution in [2.24, 2.45) is 0 Å². The summed E-state index contributed by atoms with van der Waals surface area (Å²) in [5.41, 5.74) is 2.52. The van der Waals surface area contributed by atoms with Gasteiger partial charge >= 0.3 is 5.97 Å². The van der Waals surface area contributed by atoms with Gasteiger partial charge in [0.1, 0.15) is 6.04 Å². The fourth-order valence-corrected chi connectivity index (χ4v) is 3.71. The van der Waals surface area contributed by atoms with Crippen molar-refractivity contribution >= 4 is 40.0 Å². The second-order valence-electron chi connectivity index (χ2n) is 6.58. The smallest absolute Gasteiger partial charge is 0.328 e. The van der Waals surface area contributed by atoms with Crippen LogP contribution >= 0.6 is 11.3 Å². The van der Waals surface area contributed by atoms with Crippen molar-refractivity contribution in [2.75, 3.05) is 13.7 Å². The van der Waals surface area contributed by atoms with Gasteiger partial charge in [0, 0.05) is 47.4 Å². The molecule has 0 aliphatic heterocycles. The number of hydrogen-bond acceptors (Lipinski definition) is 5. The standard InChI is InChI=1S/C21H23N3O4S/c1-28-21(27)18(11-15-12-23-17-6-3-2-5-16(15)17)24-19(25)7-4-9-22-20(26)14-8-10-29-13-14/h2-3,5-6,8,10,12-13,18,23H,4,7,9,11H2,1H3,(H,22,26)(H,24,25). The van der Waals surface area contributed by atoms with Gasteiger partial charge in [0.2, 0.25) is 5.91 Å². The van der Waals surface area contributed by atoms with Crippen LogP contribution in [0, 0.1) is 0 Å². The van der Waals surface area contributed by atoms with Crippen LogP contribution in [0.5, 0.6) is 0 Å². The summed E-state index contributed by atoms with van der Waals surface area (Å²) in [6.07, 6.45) is 2.85. The predicted octanol–water partition coefficient (Wildman–Crippen LogP) is 2.64. The number of amides is 2. The molecule has 1 aromatic carbocycles. The van der Waals surface area contributed by atoms with E-state index in [4.69, 9.17) is 4.74 Å². The van der Waals surface area contributed by atoms with Crippen molar-refractivity contribution < 1.29 is 19.1 Å². The number of esters is 1. The van der Waals surface area contributed by atoms with E-state index in [0.29, 0.717) is 24.9 Å². The van der Waals surface area contributed by atoms with Crippen molar-refractivity contribution in [2.45, 2.75) is 25.3 Å². The maximum Gasteiger partial charge on any atom is 0.328 e. The van der Waals surface area contributed by atoms with Crippen LogP contribution in [-0.2, 0) is 20.7 Å². The van der Waals surface area contributed by atoms with Crippen molar-refractivity contribution in [1.82, 2.24) is 15.6 Å². The van der Waals surface area contributed by atoms with Crippen LogP contribution < -0.4 is 10.6 Å². The number of thiophene rings is 1. The number of carbonyl (C=O) groups excluding carboxylic acids is 3. The van der Waals surface area contributed by atoms with Gasteiger partial charge in [0.15, 0.2) is 0 Å². The lowest BCUT2D eigenvalue weighted by Gasteiger charge is -2.16. The molecule has 0 radical (unpaired) electrons. The molecule has 8 heteroatoms. The summed E-state index contributed by atoms with van der Waals surface area (Å²) in [6, 6.07) is 8.75. The van der Waals surface area contributed by atoms with E-state index in [1.54, 1.807) is 11.4 Å². The average molecular weight is 413 g/mol. The minimum absolute atomic E-state index is 0.154. The SMILES string of the molecule is COC(=O)C(Cc1c[nH]c2ccccc12)NC(=O)CCCNC(=O)c1ccsc1. The third kappa shape index (κ3) is 5.45. The molecule has 1 unspecified atom stereocenters. The van der Waals surface area contributed by atoms with Gasteiger partial charge in [0.05, 0.1) is 7.11 Å². The van der Waals surface area contributed by atoms with Gasteiger partial charge in [-0.3, -0.25) is 9.59 Å². The number of ether oxygens (including phenoxy) is 1. The number of rotatable bonds is 9. The minimum Gasteiger partial charge on any atom is -0.467 e. The molecule has 2 aromatic heterocycles. The normalized spacial score (nSPS) is 11.8. The Kier molecular flexibility index (Phi) is 7.02. The van der Waals surface area contributed by atoms with Crippen LogP contribution in [-0.4, -0.2) is 42.5 Å². The van der Waals surface area contributed by atoms with Gasteiger partial charge in [0.25, 0.3) is 5.91 Å². The van der Waals surface area contributed by atoms with Crippen molar-refractivity contribution in [3.63, 3.8) is 0 Å². The van der Waals surface area contributed by atoms with E-state index in [2.05, 4.69) is 15.6 Å². The lowest BCUT2D eigenvalue weighted by Crippen LogP contribution is -2.43. The molecule has 1 atom stereocenters. The second kappa shape index (κ2) is 9.88. The molecule has 2 amide bonds. The number of benzene rings is 1.